The summed E-state index contributed by atoms with van der Waals surface area (Å²) in [4.78, 5) is 35.1. The first-order valence-electron chi connectivity index (χ1n) is 11.2. The third kappa shape index (κ3) is 5.01. The Morgan fingerprint density at radius 3 is 2.55 bits per heavy atom. The maximum Gasteiger partial charge on any atom is 0.338 e. The molecule has 8 heteroatoms. The molecule has 1 unspecified atom stereocenters. The van der Waals surface area contributed by atoms with Crippen molar-refractivity contribution in [1.29, 1.82) is 0 Å². The van der Waals surface area contributed by atoms with Crippen molar-refractivity contribution in [2.75, 3.05) is 26.3 Å². The van der Waals surface area contributed by atoms with Gasteiger partial charge in [0.2, 0.25) is 5.91 Å². The number of nitrogens with zero attached hydrogens (tertiary/aromatic N) is 3. The highest BCUT2D eigenvalue weighted by Gasteiger charge is 2.42. The first-order chi connectivity index (χ1) is 15.7. The van der Waals surface area contributed by atoms with E-state index < -0.39 is 11.6 Å². The number of esters is 1. The number of fused-ring (bicyclic) bond motifs is 1. The fourth-order valence-electron chi connectivity index (χ4n) is 4.23. The Labute approximate surface area is 199 Å². The molecule has 4 rings (SSSR count). The van der Waals surface area contributed by atoms with E-state index in [0.29, 0.717) is 37.6 Å². The molecule has 3 aliphatic heterocycles. The summed E-state index contributed by atoms with van der Waals surface area (Å²) in [5.74, 6) is -0.327. The van der Waals surface area contributed by atoms with E-state index in [1.165, 1.54) is 11.8 Å². The molecule has 7 nitrogen and oxygen atoms in total. The molecule has 0 bridgehead atoms. The van der Waals surface area contributed by atoms with Gasteiger partial charge in [-0.1, -0.05) is 36.0 Å². The lowest BCUT2D eigenvalue weighted by molar-refractivity contribution is -0.150. The lowest BCUT2D eigenvalue weighted by Crippen LogP contribution is -2.43. The predicted molar refractivity (Wildman–Crippen MR) is 129 cm³/mol. The first-order valence-corrected chi connectivity index (χ1v) is 12.1. The van der Waals surface area contributed by atoms with Crippen LogP contribution >= 0.6 is 11.8 Å². The summed E-state index contributed by atoms with van der Waals surface area (Å²) in [6.07, 6.45) is 0.245. The Kier molecular flexibility index (Phi) is 6.68. The molecule has 1 saturated heterocycles. The van der Waals surface area contributed by atoms with Gasteiger partial charge in [-0.2, -0.15) is 0 Å². The number of hydrogen-bond acceptors (Lipinski definition) is 7. The summed E-state index contributed by atoms with van der Waals surface area (Å²) in [6, 6.07) is 7.62. The van der Waals surface area contributed by atoms with E-state index >= 15 is 0 Å². The fraction of sp³-hybridized carbons (Fsp3) is 0.480. The number of rotatable bonds is 4. The van der Waals surface area contributed by atoms with Crippen molar-refractivity contribution < 1.29 is 19.1 Å². The molecule has 0 saturated carbocycles. The topological polar surface area (TPSA) is 71.4 Å². The van der Waals surface area contributed by atoms with Crippen molar-refractivity contribution in [2.45, 2.75) is 52.7 Å². The number of carbonyl (C=O) groups excluding carboxylic acids is 2. The summed E-state index contributed by atoms with van der Waals surface area (Å²) < 4.78 is 11.2. The number of morpholine rings is 1. The molecule has 176 valence electrons. The van der Waals surface area contributed by atoms with E-state index in [-0.39, 0.29) is 18.3 Å². The van der Waals surface area contributed by atoms with Gasteiger partial charge >= 0.3 is 5.97 Å². The van der Waals surface area contributed by atoms with Crippen LogP contribution in [0.1, 0.15) is 51.3 Å². The van der Waals surface area contributed by atoms with Crippen molar-refractivity contribution in [3.8, 4) is 0 Å². The standard InChI is InChI=1S/C25H31N3O4S/c1-16-8-6-7-9-19(16)22-21(23(30)32-25(3,4)5)17(2)26-24-28(22)18(15-33-24)14-20(29)27-10-12-31-13-11-27/h6-9,15,22H,10-14H2,1-5H3. The second-order valence-corrected chi connectivity index (χ2v) is 10.3. The zero-order valence-corrected chi connectivity index (χ0v) is 20.7. The number of amidine groups is 1. The Hall–Kier alpha value is -2.58. The van der Waals surface area contributed by atoms with Gasteiger partial charge in [0.15, 0.2) is 5.17 Å². The Balaban J connectivity index is 1.72. The molecule has 3 heterocycles. The van der Waals surface area contributed by atoms with E-state index in [0.717, 1.165) is 22.0 Å². The van der Waals surface area contributed by atoms with E-state index in [2.05, 4.69) is 0 Å². The van der Waals surface area contributed by atoms with Crippen LogP contribution in [0, 0.1) is 6.92 Å². The monoisotopic (exact) mass is 469 g/mol. The summed E-state index contributed by atoms with van der Waals surface area (Å²) in [7, 11) is 0. The molecule has 0 radical (unpaired) electrons. The van der Waals surface area contributed by atoms with E-state index in [4.69, 9.17) is 14.5 Å². The lowest BCUT2D eigenvalue weighted by Gasteiger charge is -2.38. The summed E-state index contributed by atoms with van der Waals surface area (Å²) in [5.41, 5.74) is 3.43. The van der Waals surface area contributed by atoms with Crippen molar-refractivity contribution in [3.63, 3.8) is 0 Å². The lowest BCUT2D eigenvalue weighted by atomic mass is 9.91. The van der Waals surface area contributed by atoms with Crippen LogP contribution in [0.4, 0.5) is 0 Å². The van der Waals surface area contributed by atoms with Crippen molar-refractivity contribution in [2.24, 2.45) is 4.99 Å². The Morgan fingerprint density at radius 1 is 1.18 bits per heavy atom. The van der Waals surface area contributed by atoms with Crippen LogP contribution < -0.4 is 0 Å². The third-order valence-electron chi connectivity index (χ3n) is 5.80. The first kappa shape index (κ1) is 23.6. The van der Waals surface area contributed by atoms with Crippen LogP contribution in [-0.4, -0.2) is 58.7 Å². The molecule has 33 heavy (non-hydrogen) atoms. The maximum absolute atomic E-state index is 13.4. The van der Waals surface area contributed by atoms with E-state index in [1.807, 2.05) is 74.1 Å². The van der Waals surface area contributed by atoms with Crippen LogP contribution in [0.5, 0.6) is 0 Å². The minimum atomic E-state index is -0.630. The molecule has 1 atom stereocenters. The number of carbonyl (C=O) groups is 2. The van der Waals surface area contributed by atoms with E-state index in [9.17, 15) is 9.59 Å². The average Bonchev–Trinajstić information content (AvgIpc) is 3.14. The molecule has 0 aromatic heterocycles. The van der Waals surface area contributed by atoms with Crippen LogP contribution in [0.25, 0.3) is 0 Å². The third-order valence-corrected chi connectivity index (χ3v) is 6.69. The Bertz CT molecular complexity index is 1050. The Morgan fingerprint density at radius 2 is 1.88 bits per heavy atom. The van der Waals surface area contributed by atoms with Gasteiger partial charge in [-0.15, -0.1) is 0 Å². The van der Waals surface area contributed by atoms with Crippen LogP contribution in [0.2, 0.25) is 0 Å². The second-order valence-electron chi connectivity index (χ2n) is 9.42. The SMILES string of the molecule is CC1=C(C(=O)OC(C)(C)C)C(c2ccccc2C)N2C(CC(=O)N3CCOCC3)=CSC2=N1. The minimum absolute atomic E-state index is 0.0556. The molecular formula is C25H31N3O4S. The van der Waals surface area contributed by atoms with Gasteiger partial charge < -0.3 is 19.3 Å². The number of hydrogen-bond donors (Lipinski definition) is 0. The van der Waals surface area contributed by atoms with Gasteiger partial charge in [-0.05, 0) is 51.2 Å². The zero-order chi connectivity index (χ0) is 23.8. The number of benzene rings is 1. The van der Waals surface area contributed by atoms with E-state index in [1.54, 1.807) is 0 Å². The van der Waals surface area contributed by atoms with Gasteiger partial charge in [-0.3, -0.25) is 4.79 Å². The number of aryl methyl sites for hydroxylation is 1. The number of allylic oxidation sites excluding steroid dienone is 1. The fourth-order valence-corrected chi connectivity index (χ4v) is 5.20. The van der Waals surface area contributed by atoms with Gasteiger partial charge in [-0.25, -0.2) is 9.79 Å². The zero-order valence-electron chi connectivity index (χ0n) is 19.9. The molecule has 0 spiro atoms. The molecule has 1 amide bonds. The smallest absolute Gasteiger partial charge is 0.338 e. The van der Waals surface area contributed by atoms with Crippen molar-refractivity contribution in [1.82, 2.24) is 9.80 Å². The number of aliphatic imine (C=N–C) groups is 1. The van der Waals surface area contributed by atoms with Gasteiger partial charge in [0.25, 0.3) is 0 Å². The van der Waals surface area contributed by atoms with Crippen LogP contribution in [0.3, 0.4) is 0 Å². The van der Waals surface area contributed by atoms with Crippen molar-refractivity contribution >= 4 is 28.8 Å². The quantitative estimate of drug-likeness (QED) is 0.617. The number of thioether (sulfide) groups is 1. The average molecular weight is 470 g/mol. The van der Waals surface area contributed by atoms with Crippen LogP contribution in [-0.2, 0) is 19.1 Å². The van der Waals surface area contributed by atoms with Gasteiger partial charge in [0.05, 0.1) is 36.9 Å². The molecule has 3 aliphatic rings. The molecule has 1 aromatic rings. The molecule has 1 fully saturated rings. The summed E-state index contributed by atoms with van der Waals surface area (Å²) >= 11 is 1.49. The highest BCUT2D eigenvalue weighted by Crippen LogP contribution is 2.45. The molecule has 0 N–H and O–H groups in total. The van der Waals surface area contributed by atoms with Crippen LogP contribution in [0.15, 0.2) is 51.6 Å². The second kappa shape index (κ2) is 9.35. The van der Waals surface area contributed by atoms with Gasteiger partial charge in [0, 0.05) is 18.8 Å². The molecule has 0 aliphatic carbocycles. The number of amides is 1. The predicted octanol–water partition coefficient (Wildman–Crippen LogP) is 4.16. The maximum atomic E-state index is 13.4. The summed E-state index contributed by atoms with van der Waals surface area (Å²) in [5, 5.41) is 2.76. The van der Waals surface area contributed by atoms with Crippen molar-refractivity contribution in [3.05, 3.63) is 57.8 Å². The largest absolute Gasteiger partial charge is 0.456 e. The van der Waals surface area contributed by atoms with Gasteiger partial charge in [0.1, 0.15) is 5.60 Å². The molecule has 1 aromatic carbocycles. The number of ether oxygens (including phenoxy) is 2. The highest BCUT2D eigenvalue weighted by molar-refractivity contribution is 8.16. The summed E-state index contributed by atoms with van der Waals surface area (Å²) in [6.45, 7) is 11.8. The highest BCUT2D eigenvalue weighted by atomic mass is 32.2. The minimum Gasteiger partial charge on any atom is -0.456 e. The normalized spacial score (nSPS) is 20.9. The molecular weight excluding hydrogens is 438 g/mol.